The van der Waals surface area contributed by atoms with Crippen molar-refractivity contribution in [3.8, 4) is 0 Å². The van der Waals surface area contributed by atoms with E-state index >= 15 is 0 Å². The Balaban J connectivity index is 2.02. The van der Waals surface area contributed by atoms with Crippen LogP contribution >= 0.6 is 0 Å². The Kier molecular flexibility index (Phi) is 4.22. The predicted octanol–water partition coefficient (Wildman–Crippen LogP) is 1.64. The number of methoxy groups -OCH3 is 1. The van der Waals surface area contributed by atoms with Gasteiger partial charge in [0.1, 0.15) is 0 Å². The van der Waals surface area contributed by atoms with Gasteiger partial charge in [0.05, 0.1) is 12.7 Å². The molecule has 2 N–H and O–H groups in total. The zero-order chi connectivity index (χ0) is 13.9. The standard InChI is InChI=1S/C15H22N2O2/c1-15(10-16)6-7-17(11-15)9-12-4-3-5-13(8-12)14(18)19-2/h3-5,8H,6-7,9-11,16H2,1-2H3. The normalized spacial score (nSPS) is 23.5. The van der Waals surface area contributed by atoms with Crippen molar-refractivity contribution in [2.45, 2.75) is 19.9 Å². The Morgan fingerprint density at radius 3 is 2.95 bits per heavy atom. The number of esters is 1. The van der Waals surface area contributed by atoms with E-state index in [0.29, 0.717) is 5.56 Å². The summed E-state index contributed by atoms with van der Waals surface area (Å²) in [6, 6.07) is 7.64. The van der Waals surface area contributed by atoms with E-state index in [2.05, 4.69) is 11.8 Å². The van der Waals surface area contributed by atoms with Gasteiger partial charge in [0.2, 0.25) is 0 Å². The third-order valence-corrected chi connectivity index (χ3v) is 3.88. The van der Waals surface area contributed by atoms with Gasteiger partial charge in [-0.3, -0.25) is 4.90 Å². The van der Waals surface area contributed by atoms with Crippen LogP contribution in [0.2, 0.25) is 0 Å². The lowest BCUT2D eigenvalue weighted by Crippen LogP contribution is -2.31. The fourth-order valence-corrected chi connectivity index (χ4v) is 2.60. The van der Waals surface area contributed by atoms with Gasteiger partial charge >= 0.3 is 5.97 Å². The van der Waals surface area contributed by atoms with E-state index in [1.54, 1.807) is 6.07 Å². The van der Waals surface area contributed by atoms with E-state index in [0.717, 1.165) is 38.2 Å². The van der Waals surface area contributed by atoms with E-state index in [1.807, 2.05) is 18.2 Å². The zero-order valence-corrected chi connectivity index (χ0v) is 11.7. The molecule has 19 heavy (non-hydrogen) atoms. The molecule has 1 aromatic rings. The van der Waals surface area contributed by atoms with Crippen LogP contribution in [0.4, 0.5) is 0 Å². The summed E-state index contributed by atoms with van der Waals surface area (Å²) in [4.78, 5) is 13.9. The van der Waals surface area contributed by atoms with Crippen LogP contribution in [0.1, 0.15) is 29.3 Å². The number of hydrogen-bond acceptors (Lipinski definition) is 4. The first-order valence-electron chi connectivity index (χ1n) is 6.66. The highest BCUT2D eigenvalue weighted by molar-refractivity contribution is 5.89. The molecule has 0 spiro atoms. The minimum absolute atomic E-state index is 0.236. The number of nitrogens with two attached hydrogens (primary N) is 1. The molecule has 1 heterocycles. The summed E-state index contributed by atoms with van der Waals surface area (Å²) >= 11 is 0. The fourth-order valence-electron chi connectivity index (χ4n) is 2.60. The molecule has 4 nitrogen and oxygen atoms in total. The van der Waals surface area contributed by atoms with Crippen molar-refractivity contribution in [1.29, 1.82) is 0 Å². The lowest BCUT2D eigenvalue weighted by Gasteiger charge is -2.22. The van der Waals surface area contributed by atoms with Crippen LogP contribution < -0.4 is 5.73 Å². The second-order valence-electron chi connectivity index (χ2n) is 5.67. The average Bonchev–Trinajstić information content (AvgIpc) is 2.80. The maximum absolute atomic E-state index is 11.5. The maximum Gasteiger partial charge on any atom is 0.337 e. The smallest absolute Gasteiger partial charge is 0.337 e. The van der Waals surface area contributed by atoms with Gasteiger partial charge in [0, 0.05) is 13.1 Å². The summed E-state index contributed by atoms with van der Waals surface area (Å²) in [6.45, 7) is 5.91. The van der Waals surface area contributed by atoms with Crippen molar-refractivity contribution in [2.75, 3.05) is 26.7 Å². The Hall–Kier alpha value is -1.39. The van der Waals surface area contributed by atoms with Gasteiger partial charge in [-0.2, -0.15) is 0 Å². The van der Waals surface area contributed by atoms with Crippen molar-refractivity contribution in [3.63, 3.8) is 0 Å². The molecule has 2 rings (SSSR count). The van der Waals surface area contributed by atoms with Crippen LogP contribution in [0, 0.1) is 5.41 Å². The van der Waals surface area contributed by atoms with E-state index in [1.165, 1.54) is 7.11 Å². The summed E-state index contributed by atoms with van der Waals surface area (Å²) in [5.74, 6) is -0.282. The van der Waals surface area contributed by atoms with Crippen LogP contribution in [0.25, 0.3) is 0 Å². The molecule has 0 saturated carbocycles. The van der Waals surface area contributed by atoms with Gasteiger partial charge in [0.15, 0.2) is 0 Å². The summed E-state index contributed by atoms with van der Waals surface area (Å²) in [6.07, 6.45) is 1.14. The van der Waals surface area contributed by atoms with E-state index in [4.69, 9.17) is 10.5 Å². The largest absolute Gasteiger partial charge is 0.465 e. The number of benzene rings is 1. The second kappa shape index (κ2) is 5.72. The Bertz CT molecular complexity index is 461. The monoisotopic (exact) mass is 262 g/mol. The molecule has 1 aliphatic rings. The van der Waals surface area contributed by atoms with Crippen molar-refractivity contribution in [2.24, 2.45) is 11.1 Å². The van der Waals surface area contributed by atoms with Gasteiger partial charge in [0.25, 0.3) is 0 Å². The fraction of sp³-hybridized carbons (Fsp3) is 0.533. The number of carbonyl (C=O) groups excluding carboxylic acids is 1. The highest BCUT2D eigenvalue weighted by Crippen LogP contribution is 2.29. The lowest BCUT2D eigenvalue weighted by molar-refractivity contribution is 0.0600. The van der Waals surface area contributed by atoms with Gasteiger partial charge < -0.3 is 10.5 Å². The topological polar surface area (TPSA) is 55.6 Å². The lowest BCUT2D eigenvalue weighted by atomic mass is 9.90. The molecular formula is C15H22N2O2. The minimum atomic E-state index is -0.282. The molecule has 0 bridgehead atoms. The SMILES string of the molecule is COC(=O)c1cccc(CN2CCC(C)(CN)C2)c1. The molecule has 0 aromatic heterocycles. The number of ether oxygens (including phenoxy) is 1. The zero-order valence-electron chi connectivity index (χ0n) is 11.7. The molecule has 0 aliphatic carbocycles. The summed E-state index contributed by atoms with van der Waals surface area (Å²) in [5.41, 5.74) is 7.81. The van der Waals surface area contributed by atoms with Gasteiger partial charge in [-0.1, -0.05) is 19.1 Å². The molecule has 1 aromatic carbocycles. The number of likely N-dealkylation sites (tertiary alicyclic amines) is 1. The predicted molar refractivity (Wildman–Crippen MR) is 74.8 cm³/mol. The van der Waals surface area contributed by atoms with Crippen molar-refractivity contribution < 1.29 is 9.53 Å². The minimum Gasteiger partial charge on any atom is -0.465 e. The van der Waals surface area contributed by atoms with Crippen molar-refractivity contribution in [3.05, 3.63) is 35.4 Å². The summed E-state index contributed by atoms with van der Waals surface area (Å²) < 4.78 is 4.74. The van der Waals surface area contributed by atoms with Crippen molar-refractivity contribution in [1.82, 2.24) is 4.90 Å². The molecule has 4 heteroatoms. The van der Waals surface area contributed by atoms with Crippen LogP contribution in [-0.2, 0) is 11.3 Å². The molecule has 1 atom stereocenters. The molecule has 1 saturated heterocycles. The van der Waals surface area contributed by atoms with Crippen LogP contribution in [-0.4, -0.2) is 37.6 Å². The van der Waals surface area contributed by atoms with Crippen molar-refractivity contribution >= 4 is 5.97 Å². The first kappa shape index (κ1) is 14.0. The number of nitrogens with zero attached hydrogens (tertiary/aromatic N) is 1. The Morgan fingerprint density at radius 1 is 1.53 bits per heavy atom. The van der Waals surface area contributed by atoms with Gasteiger partial charge in [-0.05, 0) is 42.6 Å². The summed E-state index contributed by atoms with van der Waals surface area (Å²) in [5, 5.41) is 0. The third-order valence-electron chi connectivity index (χ3n) is 3.88. The van der Waals surface area contributed by atoms with Gasteiger partial charge in [-0.15, -0.1) is 0 Å². The number of hydrogen-bond donors (Lipinski definition) is 1. The molecule has 1 aliphatic heterocycles. The molecule has 104 valence electrons. The van der Waals surface area contributed by atoms with Crippen LogP contribution in [0.15, 0.2) is 24.3 Å². The highest BCUT2D eigenvalue weighted by atomic mass is 16.5. The molecule has 0 radical (unpaired) electrons. The molecule has 0 amide bonds. The molecule has 1 unspecified atom stereocenters. The van der Waals surface area contributed by atoms with E-state index in [-0.39, 0.29) is 11.4 Å². The first-order valence-corrected chi connectivity index (χ1v) is 6.66. The summed E-state index contributed by atoms with van der Waals surface area (Å²) in [7, 11) is 1.40. The van der Waals surface area contributed by atoms with E-state index < -0.39 is 0 Å². The van der Waals surface area contributed by atoms with E-state index in [9.17, 15) is 4.79 Å². The maximum atomic E-state index is 11.5. The second-order valence-corrected chi connectivity index (χ2v) is 5.67. The Morgan fingerprint density at radius 2 is 2.32 bits per heavy atom. The average molecular weight is 262 g/mol. The third kappa shape index (κ3) is 3.33. The van der Waals surface area contributed by atoms with Crippen LogP contribution in [0.3, 0.4) is 0 Å². The first-order chi connectivity index (χ1) is 9.06. The molecular weight excluding hydrogens is 240 g/mol. The van der Waals surface area contributed by atoms with Crippen LogP contribution in [0.5, 0.6) is 0 Å². The molecule has 1 fully saturated rings. The number of carbonyl (C=O) groups is 1. The quantitative estimate of drug-likeness (QED) is 0.838. The van der Waals surface area contributed by atoms with Gasteiger partial charge in [-0.25, -0.2) is 4.79 Å². The number of rotatable bonds is 4. The highest BCUT2D eigenvalue weighted by Gasteiger charge is 2.32. The Labute approximate surface area is 114 Å².